The van der Waals surface area contributed by atoms with E-state index in [-0.39, 0.29) is 12.3 Å². The third-order valence-electron chi connectivity index (χ3n) is 2.89. The van der Waals surface area contributed by atoms with Crippen molar-refractivity contribution >= 4 is 17.6 Å². The largest absolute Gasteiger partial charge is 0.481 e. The lowest BCUT2D eigenvalue weighted by atomic mass is 9.91. The van der Waals surface area contributed by atoms with Gasteiger partial charge in [0.05, 0.1) is 12.1 Å². The number of fused-ring (bicyclic) bond motifs is 1. The zero-order valence-electron chi connectivity index (χ0n) is 8.53. The summed E-state index contributed by atoms with van der Waals surface area (Å²) in [6, 6.07) is 0. The molecule has 0 amide bonds. The minimum absolute atomic E-state index is 0.0660. The maximum absolute atomic E-state index is 10.7. The monoisotopic (exact) mass is 228 g/mol. The molecule has 15 heavy (non-hydrogen) atoms. The molecule has 0 fully saturated rings. The van der Waals surface area contributed by atoms with Crippen LogP contribution in [0.3, 0.4) is 0 Å². The van der Waals surface area contributed by atoms with Crippen molar-refractivity contribution in [3.05, 3.63) is 16.7 Å². The Kier molecular flexibility index (Phi) is 2.69. The van der Waals surface area contributed by atoms with Gasteiger partial charge in [-0.1, -0.05) is 0 Å². The van der Waals surface area contributed by atoms with E-state index in [0.717, 1.165) is 30.8 Å². The smallest absolute Gasteiger partial charge is 0.304 e. The summed E-state index contributed by atoms with van der Waals surface area (Å²) in [6.45, 7) is 2.74. The Labute approximate surface area is 92.9 Å². The van der Waals surface area contributed by atoms with Crippen LogP contribution in [-0.4, -0.2) is 20.6 Å². The fourth-order valence-corrected chi connectivity index (χ4v) is 2.62. The molecule has 0 bridgehead atoms. The Morgan fingerprint density at radius 2 is 2.47 bits per heavy atom. The number of hydrogen-bond acceptors (Lipinski definition) is 2. The van der Waals surface area contributed by atoms with Gasteiger partial charge in [-0.3, -0.25) is 4.79 Å². The first-order valence-corrected chi connectivity index (χ1v) is 5.41. The summed E-state index contributed by atoms with van der Waals surface area (Å²) in [6.07, 6.45) is 2.05. The van der Waals surface area contributed by atoms with Crippen LogP contribution in [0.4, 0.5) is 0 Å². The second kappa shape index (κ2) is 3.85. The molecule has 0 aliphatic carbocycles. The number of imidazole rings is 1. The van der Waals surface area contributed by atoms with E-state index in [1.54, 1.807) is 0 Å². The third kappa shape index (κ3) is 1.86. The molecule has 0 radical (unpaired) electrons. The fraction of sp³-hybridized carbons (Fsp3) is 0.600. The number of aryl methyl sites for hydroxylation is 1. The fourth-order valence-electron chi connectivity index (χ4n) is 2.32. The second-order valence-electron chi connectivity index (χ2n) is 3.94. The summed E-state index contributed by atoms with van der Waals surface area (Å²) in [5.41, 5.74) is 1.87. The molecule has 0 saturated heterocycles. The lowest BCUT2D eigenvalue weighted by molar-refractivity contribution is -0.137. The number of rotatable bonds is 2. The van der Waals surface area contributed by atoms with Crippen LogP contribution in [0.25, 0.3) is 0 Å². The highest BCUT2D eigenvalue weighted by atomic mass is 35.5. The van der Waals surface area contributed by atoms with Gasteiger partial charge in [-0.2, -0.15) is 0 Å². The van der Waals surface area contributed by atoms with Crippen molar-refractivity contribution in [2.75, 3.05) is 0 Å². The Morgan fingerprint density at radius 3 is 3.13 bits per heavy atom. The predicted molar refractivity (Wildman–Crippen MR) is 56.2 cm³/mol. The van der Waals surface area contributed by atoms with Crippen molar-refractivity contribution in [2.24, 2.45) is 0 Å². The van der Waals surface area contributed by atoms with E-state index >= 15 is 0 Å². The van der Waals surface area contributed by atoms with Gasteiger partial charge in [0, 0.05) is 18.2 Å². The molecule has 82 valence electrons. The van der Waals surface area contributed by atoms with Crippen LogP contribution in [0.2, 0.25) is 5.28 Å². The number of carboxylic acid groups (broad SMARTS) is 1. The Bertz CT molecular complexity index is 400. The highest BCUT2D eigenvalue weighted by Crippen LogP contribution is 2.34. The van der Waals surface area contributed by atoms with Gasteiger partial charge in [-0.15, -0.1) is 0 Å². The molecule has 1 aliphatic heterocycles. The normalized spacial score (nSPS) is 20.0. The minimum Gasteiger partial charge on any atom is -0.481 e. The average molecular weight is 229 g/mol. The van der Waals surface area contributed by atoms with Gasteiger partial charge in [-0.25, -0.2) is 4.98 Å². The van der Waals surface area contributed by atoms with Crippen LogP contribution in [0.15, 0.2) is 0 Å². The maximum atomic E-state index is 10.7. The number of hydrogen-bond donors (Lipinski definition) is 1. The summed E-state index contributed by atoms with van der Waals surface area (Å²) in [5, 5.41) is 9.31. The lowest BCUT2D eigenvalue weighted by Gasteiger charge is -2.23. The molecule has 5 heteroatoms. The summed E-state index contributed by atoms with van der Waals surface area (Å²) in [5.74, 6) is -0.693. The van der Waals surface area contributed by atoms with Gasteiger partial charge < -0.3 is 9.67 Å². The second-order valence-corrected chi connectivity index (χ2v) is 4.28. The van der Waals surface area contributed by atoms with E-state index in [2.05, 4.69) is 4.98 Å². The van der Waals surface area contributed by atoms with E-state index in [1.165, 1.54) is 0 Å². The van der Waals surface area contributed by atoms with Gasteiger partial charge in [0.15, 0.2) is 0 Å². The number of aromatic nitrogens is 2. The molecular weight excluding hydrogens is 216 g/mol. The number of carboxylic acids is 1. The lowest BCUT2D eigenvalue weighted by Crippen LogP contribution is -2.18. The van der Waals surface area contributed by atoms with Gasteiger partial charge in [0.2, 0.25) is 5.28 Å². The quantitative estimate of drug-likeness (QED) is 0.844. The summed E-state index contributed by atoms with van der Waals surface area (Å²) >= 11 is 5.97. The average Bonchev–Trinajstić information content (AvgIpc) is 2.43. The van der Waals surface area contributed by atoms with Crippen LogP contribution >= 0.6 is 11.6 Å². The van der Waals surface area contributed by atoms with E-state index in [9.17, 15) is 4.79 Å². The molecule has 1 aromatic rings. The van der Waals surface area contributed by atoms with Crippen LogP contribution in [0, 0.1) is 6.92 Å². The molecule has 1 aromatic heterocycles. The topological polar surface area (TPSA) is 55.1 Å². The number of halogens is 1. The van der Waals surface area contributed by atoms with Crippen LogP contribution in [-0.2, 0) is 11.3 Å². The highest BCUT2D eigenvalue weighted by molar-refractivity contribution is 6.28. The molecule has 0 saturated carbocycles. The van der Waals surface area contributed by atoms with Crippen LogP contribution in [0.5, 0.6) is 0 Å². The van der Waals surface area contributed by atoms with Gasteiger partial charge in [0.1, 0.15) is 0 Å². The molecule has 2 heterocycles. The molecule has 0 spiro atoms. The third-order valence-corrected chi connectivity index (χ3v) is 3.17. The van der Waals surface area contributed by atoms with Crippen LogP contribution in [0.1, 0.15) is 36.6 Å². The molecule has 1 N–H and O–H groups in total. The van der Waals surface area contributed by atoms with Crippen molar-refractivity contribution in [1.29, 1.82) is 0 Å². The Balaban J connectivity index is 2.37. The predicted octanol–water partition coefficient (Wildman–Crippen LogP) is 2.20. The SMILES string of the molecule is Cc1nc(Cl)n2c1C(CC(=O)O)CCC2. The van der Waals surface area contributed by atoms with Crippen LogP contribution < -0.4 is 0 Å². The van der Waals surface area contributed by atoms with Crippen molar-refractivity contribution in [3.63, 3.8) is 0 Å². The Morgan fingerprint density at radius 1 is 1.73 bits per heavy atom. The zero-order chi connectivity index (χ0) is 11.0. The first-order chi connectivity index (χ1) is 7.09. The highest BCUT2D eigenvalue weighted by Gasteiger charge is 2.27. The van der Waals surface area contributed by atoms with Gasteiger partial charge in [-0.05, 0) is 31.4 Å². The standard InChI is InChI=1S/C10H13ClN2O2/c1-6-9-7(5-8(14)15)3-2-4-13(9)10(11)12-6/h7H,2-5H2,1H3,(H,14,15). The van der Waals surface area contributed by atoms with Crippen molar-refractivity contribution in [2.45, 2.75) is 38.6 Å². The number of aliphatic carboxylic acids is 1. The van der Waals surface area contributed by atoms with E-state index in [1.807, 2.05) is 11.5 Å². The summed E-state index contributed by atoms with van der Waals surface area (Å²) in [4.78, 5) is 14.9. The number of nitrogens with zero attached hydrogens (tertiary/aromatic N) is 2. The molecular formula is C10H13ClN2O2. The molecule has 2 rings (SSSR count). The van der Waals surface area contributed by atoms with Crippen molar-refractivity contribution in [3.8, 4) is 0 Å². The van der Waals surface area contributed by atoms with Crippen molar-refractivity contribution < 1.29 is 9.90 Å². The van der Waals surface area contributed by atoms with Gasteiger partial charge in [0.25, 0.3) is 0 Å². The number of carbonyl (C=O) groups is 1. The first-order valence-electron chi connectivity index (χ1n) is 5.04. The van der Waals surface area contributed by atoms with E-state index in [0.29, 0.717) is 5.28 Å². The minimum atomic E-state index is -0.759. The molecule has 1 unspecified atom stereocenters. The summed E-state index contributed by atoms with van der Waals surface area (Å²) in [7, 11) is 0. The van der Waals surface area contributed by atoms with E-state index in [4.69, 9.17) is 16.7 Å². The molecule has 1 atom stereocenters. The van der Waals surface area contributed by atoms with Crippen molar-refractivity contribution in [1.82, 2.24) is 9.55 Å². The van der Waals surface area contributed by atoms with Gasteiger partial charge >= 0.3 is 5.97 Å². The first kappa shape index (κ1) is 10.5. The Hall–Kier alpha value is -1.03. The van der Waals surface area contributed by atoms with E-state index < -0.39 is 5.97 Å². The molecule has 1 aliphatic rings. The summed E-state index contributed by atoms with van der Waals surface area (Å²) < 4.78 is 1.94. The molecule has 4 nitrogen and oxygen atoms in total. The maximum Gasteiger partial charge on any atom is 0.304 e. The zero-order valence-corrected chi connectivity index (χ0v) is 9.29. The molecule has 0 aromatic carbocycles.